The smallest absolute Gasteiger partial charge is 0.132 e. The van der Waals surface area contributed by atoms with Gasteiger partial charge in [-0.15, -0.1) is 11.3 Å². The minimum Gasteiger partial charge on any atom is -0.347 e. The SMILES string of the molecule is CCc1[nH]c(Cc2cccs2)nc(=S)c1C. The van der Waals surface area contributed by atoms with Crippen LogP contribution >= 0.6 is 23.6 Å². The molecular formula is C12H14N2S2. The van der Waals surface area contributed by atoms with E-state index in [2.05, 4.69) is 34.4 Å². The maximum absolute atomic E-state index is 5.26. The minimum absolute atomic E-state index is 0.724. The van der Waals surface area contributed by atoms with Crippen LogP contribution in [0.1, 0.15) is 28.9 Å². The average molecular weight is 250 g/mol. The zero-order valence-corrected chi connectivity index (χ0v) is 11.0. The number of aromatic nitrogens is 2. The molecule has 0 aliphatic rings. The number of hydrogen-bond acceptors (Lipinski definition) is 3. The van der Waals surface area contributed by atoms with E-state index < -0.39 is 0 Å². The van der Waals surface area contributed by atoms with E-state index in [-0.39, 0.29) is 0 Å². The van der Waals surface area contributed by atoms with Crippen molar-refractivity contribution in [3.63, 3.8) is 0 Å². The Morgan fingerprint density at radius 1 is 1.50 bits per heavy atom. The molecule has 2 heterocycles. The molecule has 0 unspecified atom stereocenters. The fraction of sp³-hybridized carbons (Fsp3) is 0.333. The first-order valence-electron chi connectivity index (χ1n) is 5.31. The third kappa shape index (κ3) is 2.39. The maximum atomic E-state index is 5.26. The van der Waals surface area contributed by atoms with Crippen LogP contribution in [-0.2, 0) is 12.8 Å². The molecule has 0 bridgehead atoms. The number of aromatic amines is 1. The fourth-order valence-corrected chi connectivity index (χ4v) is 2.59. The first-order valence-corrected chi connectivity index (χ1v) is 6.60. The molecule has 2 nitrogen and oxygen atoms in total. The number of nitrogens with zero attached hydrogens (tertiary/aromatic N) is 1. The lowest BCUT2D eigenvalue weighted by molar-refractivity contribution is 0.886. The van der Waals surface area contributed by atoms with Gasteiger partial charge in [-0.3, -0.25) is 0 Å². The van der Waals surface area contributed by atoms with E-state index in [1.165, 1.54) is 10.6 Å². The van der Waals surface area contributed by atoms with Crippen molar-refractivity contribution in [2.75, 3.05) is 0 Å². The number of H-pyrrole nitrogens is 1. The van der Waals surface area contributed by atoms with Crippen molar-refractivity contribution in [1.82, 2.24) is 9.97 Å². The van der Waals surface area contributed by atoms with Gasteiger partial charge in [0, 0.05) is 22.6 Å². The minimum atomic E-state index is 0.724. The quantitative estimate of drug-likeness (QED) is 0.842. The molecule has 0 fully saturated rings. The van der Waals surface area contributed by atoms with E-state index in [0.717, 1.165) is 28.9 Å². The van der Waals surface area contributed by atoms with E-state index in [1.807, 2.05) is 6.92 Å². The summed E-state index contributed by atoms with van der Waals surface area (Å²) in [4.78, 5) is 9.10. The molecule has 2 rings (SSSR count). The molecule has 16 heavy (non-hydrogen) atoms. The summed E-state index contributed by atoms with van der Waals surface area (Å²) in [5, 5.41) is 2.08. The van der Waals surface area contributed by atoms with Crippen LogP contribution in [0.15, 0.2) is 17.5 Å². The van der Waals surface area contributed by atoms with Gasteiger partial charge in [-0.1, -0.05) is 25.2 Å². The lowest BCUT2D eigenvalue weighted by Gasteiger charge is -2.06. The van der Waals surface area contributed by atoms with E-state index in [4.69, 9.17) is 12.2 Å². The van der Waals surface area contributed by atoms with Crippen molar-refractivity contribution < 1.29 is 0 Å². The van der Waals surface area contributed by atoms with Gasteiger partial charge in [0.1, 0.15) is 10.5 Å². The summed E-state index contributed by atoms with van der Waals surface area (Å²) in [6.45, 7) is 4.15. The highest BCUT2D eigenvalue weighted by Crippen LogP contribution is 2.14. The average Bonchev–Trinajstić information content (AvgIpc) is 2.76. The van der Waals surface area contributed by atoms with Crippen molar-refractivity contribution in [1.29, 1.82) is 0 Å². The molecule has 0 aromatic carbocycles. The summed E-state index contributed by atoms with van der Waals surface area (Å²) < 4.78 is 0.724. The van der Waals surface area contributed by atoms with Crippen LogP contribution < -0.4 is 0 Å². The molecule has 0 saturated heterocycles. The molecule has 0 radical (unpaired) electrons. The third-order valence-corrected chi connectivity index (χ3v) is 3.85. The molecule has 0 aliphatic heterocycles. The van der Waals surface area contributed by atoms with Gasteiger partial charge >= 0.3 is 0 Å². The number of nitrogens with one attached hydrogen (secondary N) is 1. The summed E-state index contributed by atoms with van der Waals surface area (Å²) in [5.74, 6) is 0.968. The molecular weight excluding hydrogens is 236 g/mol. The van der Waals surface area contributed by atoms with Crippen LogP contribution in [0, 0.1) is 11.6 Å². The Hall–Kier alpha value is -1.00. The van der Waals surface area contributed by atoms with E-state index in [9.17, 15) is 0 Å². The highest BCUT2D eigenvalue weighted by Gasteiger charge is 2.04. The van der Waals surface area contributed by atoms with Crippen LogP contribution in [0.3, 0.4) is 0 Å². The van der Waals surface area contributed by atoms with Gasteiger partial charge < -0.3 is 4.98 Å². The van der Waals surface area contributed by atoms with Gasteiger partial charge in [0.2, 0.25) is 0 Å². The molecule has 84 valence electrons. The molecule has 2 aromatic rings. The monoisotopic (exact) mass is 250 g/mol. The second kappa shape index (κ2) is 4.89. The van der Waals surface area contributed by atoms with Crippen LogP contribution in [0.2, 0.25) is 0 Å². The molecule has 1 N–H and O–H groups in total. The molecule has 2 aromatic heterocycles. The lowest BCUT2D eigenvalue weighted by atomic mass is 10.2. The Morgan fingerprint density at radius 3 is 2.94 bits per heavy atom. The van der Waals surface area contributed by atoms with Crippen molar-refractivity contribution in [3.8, 4) is 0 Å². The highest BCUT2D eigenvalue weighted by molar-refractivity contribution is 7.71. The van der Waals surface area contributed by atoms with Crippen LogP contribution in [0.5, 0.6) is 0 Å². The summed E-state index contributed by atoms with van der Waals surface area (Å²) in [6.07, 6.45) is 1.81. The van der Waals surface area contributed by atoms with Crippen LogP contribution in [-0.4, -0.2) is 9.97 Å². The van der Waals surface area contributed by atoms with Gasteiger partial charge in [0.25, 0.3) is 0 Å². The lowest BCUT2D eigenvalue weighted by Crippen LogP contribution is -2.02. The van der Waals surface area contributed by atoms with E-state index in [1.54, 1.807) is 11.3 Å². The van der Waals surface area contributed by atoms with Crippen molar-refractivity contribution >= 4 is 23.6 Å². The Kier molecular flexibility index (Phi) is 3.51. The Labute approximate surface area is 104 Å². The first kappa shape index (κ1) is 11.5. The Morgan fingerprint density at radius 2 is 2.31 bits per heavy atom. The molecule has 0 spiro atoms. The normalized spacial score (nSPS) is 10.6. The zero-order valence-electron chi connectivity index (χ0n) is 9.41. The fourth-order valence-electron chi connectivity index (χ4n) is 1.65. The summed E-state index contributed by atoms with van der Waals surface area (Å²) >= 11 is 7.01. The Balaban J connectivity index is 2.35. The third-order valence-electron chi connectivity index (χ3n) is 2.58. The predicted molar refractivity (Wildman–Crippen MR) is 70.7 cm³/mol. The van der Waals surface area contributed by atoms with E-state index in [0.29, 0.717) is 0 Å². The highest BCUT2D eigenvalue weighted by atomic mass is 32.1. The summed E-state index contributed by atoms with van der Waals surface area (Å²) in [7, 11) is 0. The molecule has 0 saturated carbocycles. The zero-order chi connectivity index (χ0) is 11.5. The van der Waals surface area contributed by atoms with Gasteiger partial charge in [0.05, 0.1) is 0 Å². The predicted octanol–water partition coefficient (Wildman–Crippen LogP) is 3.66. The largest absolute Gasteiger partial charge is 0.347 e. The number of thiophene rings is 1. The molecule has 0 amide bonds. The van der Waals surface area contributed by atoms with Gasteiger partial charge in [-0.25, -0.2) is 4.98 Å². The summed E-state index contributed by atoms with van der Waals surface area (Å²) in [5.41, 5.74) is 2.30. The second-order valence-electron chi connectivity index (χ2n) is 3.70. The van der Waals surface area contributed by atoms with Gasteiger partial charge in [-0.2, -0.15) is 0 Å². The molecule has 0 atom stereocenters. The van der Waals surface area contributed by atoms with Gasteiger partial charge in [-0.05, 0) is 24.8 Å². The standard InChI is InChI=1S/C12H14N2S2/c1-3-10-8(2)12(15)14-11(13-10)7-9-5-4-6-16-9/h4-6H,3,7H2,1-2H3,(H,13,14,15). The second-order valence-corrected chi connectivity index (χ2v) is 5.12. The van der Waals surface area contributed by atoms with Crippen LogP contribution in [0.4, 0.5) is 0 Å². The molecule has 4 heteroatoms. The van der Waals surface area contributed by atoms with Crippen LogP contribution in [0.25, 0.3) is 0 Å². The van der Waals surface area contributed by atoms with Crippen molar-refractivity contribution in [3.05, 3.63) is 44.1 Å². The van der Waals surface area contributed by atoms with Crippen molar-refractivity contribution in [2.45, 2.75) is 26.7 Å². The molecule has 0 aliphatic carbocycles. The number of rotatable bonds is 3. The Bertz CT molecular complexity index is 526. The maximum Gasteiger partial charge on any atom is 0.132 e. The summed E-state index contributed by atoms with van der Waals surface area (Å²) in [6, 6.07) is 4.18. The first-order chi connectivity index (χ1) is 7.70. The number of hydrogen-bond donors (Lipinski definition) is 1. The number of aryl methyl sites for hydroxylation is 1. The van der Waals surface area contributed by atoms with Gasteiger partial charge in [0.15, 0.2) is 0 Å². The van der Waals surface area contributed by atoms with E-state index >= 15 is 0 Å². The topological polar surface area (TPSA) is 28.7 Å². The van der Waals surface area contributed by atoms with Crippen molar-refractivity contribution in [2.24, 2.45) is 0 Å².